The third-order valence-electron chi connectivity index (χ3n) is 6.13. The zero-order valence-corrected chi connectivity index (χ0v) is 16.1. The number of hydrogen-bond acceptors (Lipinski definition) is 4. The monoisotopic (exact) mass is 374 g/mol. The minimum atomic E-state index is -0.802. The first-order chi connectivity index (χ1) is 13.0. The van der Waals surface area contributed by atoms with Crippen LogP contribution in [0.4, 0.5) is 0 Å². The lowest BCUT2D eigenvalue weighted by Crippen LogP contribution is -2.53. The molecule has 1 aromatic rings. The number of carbonyl (C=O) groups is 2. The summed E-state index contributed by atoms with van der Waals surface area (Å²) in [5.41, 5.74) is -0.802. The number of piperidine rings is 2. The second kappa shape index (κ2) is 8.74. The van der Waals surface area contributed by atoms with Gasteiger partial charge in [-0.25, -0.2) is 0 Å². The van der Waals surface area contributed by atoms with Crippen LogP contribution < -0.4 is 4.74 Å². The Kier molecular flexibility index (Phi) is 6.37. The van der Waals surface area contributed by atoms with E-state index in [0.29, 0.717) is 39.0 Å². The first-order valence-electron chi connectivity index (χ1n) is 9.92. The van der Waals surface area contributed by atoms with E-state index in [1.165, 1.54) is 0 Å². The van der Waals surface area contributed by atoms with E-state index < -0.39 is 11.4 Å². The molecule has 0 aliphatic carbocycles. The lowest BCUT2D eigenvalue weighted by Gasteiger charge is -2.42. The van der Waals surface area contributed by atoms with Crippen molar-refractivity contribution < 1.29 is 19.4 Å². The van der Waals surface area contributed by atoms with Crippen LogP contribution >= 0.6 is 0 Å². The van der Waals surface area contributed by atoms with Gasteiger partial charge >= 0.3 is 5.97 Å². The number of carboxylic acid groups (broad SMARTS) is 1. The molecule has 0 bridgehead atoms. The molecule has 1 amide bonds. The molecule has 0 radical (unpaired) electrons. The van der Waals surface area contributed by atoms with Gasteiger partial charge in [-0.15, -0.1) is 0 Å². The highest BCUT2D eigenvalue weighted by atomic mass is 16.5. The molecular weight excluding hydrogens is 344 g/mol. The van der Waals surface area contributed by atoms with Crippen molar-refractivity contribution >= 4 is 11.9 Å². The average molecular weight is 374 g/mol. The number of aliphatic carboxylic acids is 1. The van der Waals surface area contributed by atoms with Crippen LogP contribution in [0.15, 0.2) is 30.3 Å². The van der Waals surface area contributed by atoms with Crippen LogP contribution in [-0.2, 0) is 9.59 Å². The number of carboxylic acids is 1. The Bertz CT molecular complexity index is 641. The molecule has 2 heterocycles. The van der Waals surface area contributed by atoms with E-state index in [1.54, 1.807) is 0 Å². The van der Waals surface area contributed by atoms with Crippen LogP contribution in [0.25, 0.3) is 0 Å². The maximum atomic E-state index is 12.9. The Labute approximate surface area is 161 Å². The molecular formula is C21H30N2O4. The van der Waals surface area contributed by atoms with Crippen LogP contribution in [0, 0.1) is 5.41 Å². The standard InChI is InChI=1S/C21H30N2O4/c1-22-13-6-5-9-18(22)19(24)23-14-10-21(11-15-23,20(25)26)12-16-27-17-7-3-2-4-8-17/h2-4,7-8,18H,5-6,9-16H2,1H3,(H,25,26). The Balaban J connectivity index is 1.54. The minimum absolute atomic E-state index is 0.0440. The quantitative estimate of drug-likeness (QED) is 0.829. The number of para-hydroxylation sites is 1. The van der Waals surface area contributed by atoms with E-state index in [2.05, 4.69) is 4.90 Å². The van der Waals surface area contributed by atoms with Crippen molar-refractivity contribution in [2.45, 2.75) is 44.6 Å². The van der Waals surface area contributed by atoms with Crippen molar-refractivity contribution in [3.63, 3.8) is 0 Å². The third-order valence-corrected chi connectivity index (χ3v) is 6.13. The summed E-state index contributed by atoms with van der Waals surface area (Å²) in [4.78, 5) is 28.8. The number of carbonyl (C=O) groups excluding carboxylic acids is 1. The summed E-state index contributed by atoms with van der Waals surface area (Å²) < 4.78 is 5.72. The number of likely N-dealkylation sites (N-methyl/N-ethyl adjacent to an activating group) is 1. The Morgan fingerprint density at radius 1 is 1.15 bits per heavy atom. The molecule has 2 aliphatic heterocycles. The molecule has 1 N–H and O–H groups in total. The fourth-order valence-electron chi connectivity index (χ4n) is 4.20. The Hall–Kier alpha value is -2.08. The molecule has 0 spiro atoms. The van der Waals surface area contributed by atoms with Crippen LogP contribution in [-0.4, -0.2) is 66.1 Å². The van der Waals surface area contributed by atoms with Gasteiger partial charge in [-0.3, -0.25) is 14.5 Å². The van der Waals surface area contributed by atoms with Gasteiger partial charge in [0.05, 0.1) is 18.1 Å². The van der Waals surface area contributed by atoms with Crippen molar-refractivity contribution in [2.75, 3.05) is 33.3 Å². The summed E-state index contributed by atoms with van der Waals surface area (Å²) in [5, 5.41) is 9.83. The zero-order valence-electron chi connectivity index (χ0n) is 16.1. The van der Waals surface area contributed by atoms with Crippen molar-refractivity contribution in [2.24, 2.45) is 5.41 Å². The number of ether oxygens (including phenoxy) is 1. The molecule has 0 aromatic heterocycles. The zero-order chi connectivity index (χ0) is 19.3. The van der Waals surface area contributed by atoms with Gasteiger partial charge < -0.3 is 14.7 Å². The molecule has 2 fully saturated rings. The molecule has 27 heavy (non-hydrogen) atoms. The summed E-state index contributed by atoms with van der Waals surface area (Å²) in [6.45, 7) is 2.36. The highest BCUT2D eigenvalue weighted by molar-refractivity contribution is 5.82. The van der Waals surface area contributed by atoms with Crippen molar-refractivity contribution in [1.82, 2.24) is 9.80 Å². The van der Waals surface area contributed by atoms with Gasteiger partial charge in [-0.2, -0.15) is 0 Å². The number of nitrogens with zero attached hydrogens (tertiary/aromatic N) is 2. The second-order valence-electron chi connectivity index (χ2n) is 7.81. The highest BCUT2D eigenvalue weighted by Crippen LogP contribution is 2.36. The smallest absolute Gasteiger partial charge is 0.309 e. The fraction of sp³-hybridized carbons (Fsp3) is 0.619. The van der Waals surface area contributed by atoms with Crippen molar-refractivity contribution in [3.8, 4) is 5.75 Å². The maximum Gasteiger partial charge on any atom is 0.309 e. The SMILES string of the molecule is CN1CCCCC1C(=O)N1CCC(CCOc2ccccc2)(C(=O)O)CC1. The van der Waals surface area contributed by atoms with E-state index in [4.69, 9.17) is 4.74 Å². The minimum Gasteiger partial charge on any atom is -0.494 e. The summed E-state index contributed by atoms with van der Waals surface area (Å²) in [5.74, 6) is 0.142. The summed E-state index contributed by atoms with van der Waals surface area (Å²) in [7, 11) is 2.01. The highest BCUT2D eigenvalue weighted by Gasteiger charge is 2.43. The molecule has 148 valence electrons. The van der Waals surface area contributed by atoms with Crippen LogP contribution in [0.5, 0.6) is 5.75 Å². The normalized spacial score (nSPS) is 23.0. The van der Waals surface area contributed by atoms with Gasteiger partial charge in [0, 0.05) is 13.1 Å². The Morgan fingerprint density at radius 2 is 1.85 bits per heavy atom. The van der Waals surface area contributed by atoms with Crippen LogP contribution in [0.2, 0.25) is 0 Å². The summed E-state index contributed by atoms with van der Waals surface area (Å²) in [6, 6.07) is 9.41. The number of rotatable bonds is 6. The number of amides is 1. The molecule has 1 unspecified atom stereocenters. The predicted octanol–water partition coefficient (Wildman–Crippen LogP) is 2.63. The van der Waals surface area contributed by atoms with Gasteiger partial charge in [-0.1, -0.05) is 24.6 Å². The lowest BCUT2D eigenvalue weighted by molar-refractivity contribution is -0.156. The van der Waals surface area contributed by atoms with E-state index >= 15 is 0 Å². The fourth-order valence-corrected chi connectivity index (χ4v) is 4.20. The van der Waals surface area contributed by atoms with Gasteiger partial charge in [0.1, 0.15) is 5.75 Å². The number of hydrogen-bond donors (Lipinski definition) is 1. The van der Waals surface area contributed by atoms with E-state index in [9.17, 15) is 14.7 Å². The molecule has 6 nitrogen and oxygen atoms in total. The number of benzene rings is 1. The predicted molar refractivity (Wildman–Crippen MR) is 103 cm³/mol. The largest absolute Gasteiger partial charge is 0.494 e. The van der Waals surface area contributed by atoms with Crippen molar-refractivity contribution in [1.29, 1.82) is 0 Å². The van der Waals surface area contributed by atoms with E-state index in [0.717, 1.165) is 31.6 Å². The third kappa shape index (κ3) is 4.61. The molecule has 2 saturated heterocycles. The molecule has 3 rings (SSSR count). The van der Waals surface area contributed by atoms with Crippen LogP contribution in [0.1, 0.15) is 38.5 Å². The molecule has 1 atom stereocenters. The second-order valence-corrected chi connectivity index (χ2v) is 7.81. The van der Waals surface area contributed by atoms with Gasteiger partial charge in [0.25, 0.3) is 0 Å². The molecule has 1 aromatic carbocycles. The molecule has 0 saturated carbocycles. The first-order valence-corrected chi connectivity index (χ1v) is 9.92. The number of likely N-dealkylation sites (tertiary alicyclic amines) is 2. The summed E-state index contributed by atoms with van der Waals surface area (Å²) in [6.07, 6.45) is 4.57. The lowest BCUT2D eigenvalue weighted by atomic mass is 9.75. The van der Waals surface area contributed by atoms with E-state index in [1.807, 2.05) is 42.3 Å². The first kappa shape index (κ1) is 19.7. The van der Waals surface area contributed by atoms with E-state index in [-0.39, 0.29) is 11.9 Å². The topological polar surface area (TPSA) is 70.1 Å². The van der Waals surface area contributed by atoms with Crippen molar-refractivity contribution in [3.05, 3.63) is 30.3 Å². The van der Waals surface area contributed by atoms with Gasteiger partial charge in [0.2, 0.25) is 5.91 Å². The average Bonchev–Trinajstić information content (AvgIpc) is 2.69. The molecule has 6 heteroatoms. The van der Waals surface area contributed by atoms with Gasteiger partial charge in [-0.05, 0) is 57.8 Å². The summed E-state index contributed by atoms with van der Waals surface area (Å²) >= 11 is 0. The Morgan fingerprint density at radius 3 is 2.48 bits per heavy atom. The maximum absolute atomic E-state index is 12.9. The molecule has 2 aliphatic rings. The van der Waals surface area contributed by atoms with Crippen LogP contribution in [0.3, 0.4) is 0 Å². The van der Waals surface area contributed by atoms with Gasteiger partial charge in [0.15, 0.2) is 0 Å².